The van der Waals surface area contributed by atoms with Crippen LogP contribution in [-0.2, 0) is 4.79 Å². The van der Waals surface area contributed by atoms with Crippen LogP contribution in [0.5, 0.6) is 0 Å². The van der Waals surface area contributed by atoms with Gasteiger partial charge in [-0.2, -0.15) is 0 Å². The minimum Gasteiger partial charge on any atom is -0.394 e. The molecule has 0 radical (unpaired) electrons. The molecule has 0 spiro atoms. The van der Waals surface area contributed by atoms with Crippen molar-refractivity contribution >= 4 is 5.78 Å². The summed E-state index contributed by atoms with van der Waals surface area (Å²) in [7, 11) is 0. The van der Waals surface area contributed by atoms with Gasteiger partial charge in [-0.15, -0.1) is 0 Å². The summed E-state index contributed by atoms with van der Waals surface area (Å²) in [5.41, 5.74) is 1.86. The first-order chi connectivity index (χ1) is 18.3. The topological polar surface area (TPSA) is 118 Å². The lowest BCUT2D eigenvalue weighted by Gasteiger charge is -2.58. The summed E-state index contributed by atoms with van der Waals surface area (Å²) in [6.45, 7) is 11.4. The van der Waals surface area contributed by atoms with Crippen molar-refractivity contribution in [3.63, 3.8) is 0 Å². The largest absolute Gasteiger partial charge is 0.394 e. The molecule has 12 atom stereocenters. The molecule has 0 saturated heterocycles. The van der Waals surface area contributed by atoms with E-state index >= 15 is 0 Å². The molecule has 0 bridgehead atoms. The average molecular weight is 549 g/mol. The minimum atomic E-state index is -1.82. The first-order valence-electron chi connectivity index (χ1n) is 15.9. The molecule has 4 rings (SSSR count). The number of hydrogen-bond donors (Lipinski definition) is 5. The molecular weight excluding hydrogens is 492 g/mol. The van der Waals surface area contributed by atoms with Gasteiger partial charge in [0.1, 0.15) is 24.4 Å². The van der Waals surface area contributed by atoms with E-state index in [0.717, 1.165) is 36.5 Å². The number of carbonyl (C=O) groups excluding carboxylic acids is 1. The van der Waals surface area contributed by atoms with Gasteiger partial charge in [-0.05, 0) is 97.7 Å². The molecule has 4 aliphatic carbocycles. The number of hydrogen-bond acceptors (Lipinski definition) is 6. The zero-order valence-electron chi connectivity index (χ0n) is 25.1. The fourth-order valence-electron chi connectivity index (χ4n) is 9.86. The van der Waals surface area contributed by atoms with Gasteiger partial charge in [-0.1, -0.05) is 65.5 Å². The van der Waals surface area contributed by atoms with Gasteiger partial charge in [0.2, 0.25) is 0 Å². The highest BCUT2D eigenvalue weighted by Crippen LogP contribution is 2.67. The van der Waals surface area contributed by atoms with Crippen LogP contribution < -0.4 is 0 Å². The van der Waals surface area contributed by atoms with Crippen molar-refractivity contribution in [1.82, 2.24) is 0 Å². The van der Waals surface area contributed by atoms with Crippen molar-refractivity contribution in [3.05, 3.63) is 11.6 Å². The lowest BCUT2D eigenvalue weighted by atomic mass is 9.46. The quantitative estimate of drug-likeness (QED) is 0.240. The molecular formula is C33H56O6. The van der Waals surface area contributed by atoms with Crippen molar-refractivity contribution in [2.45, 2.75) is 130 Å². The van der Waals surface area contributed by atoms with E-state index in [-0.39, 0.29) is 5.41 Å². The number of aliphatic hydroxyl groups excluding tert-OH is 5. The van der Waals surface area contributed by atoms with Gasteiger partial charge in [-0.25, -0.2) is 0 Å². The highest BCUT2D eigenvalue weighted by atomic mass is 16.4. The summed E-state index contributed by atoms with van der Waals surface area (Å²) in [4.78, 5) is 13.1. The van der Waals surface area contributed by atoms with E-state index in [1.807, 2.05) is 0 Å². The van der Waals surface area contributed by atoms with Gasteiger partial charge in [0.05, 0.1) is 6.61 Å². The Morgan fingerprint density at radius 3 is 2.33 bits per heavy atom. The zero-order valence-corrected chi connectivity index (χ0v) is 25.1. The van der Waals surface area contributed by atoms with Crippen LogP contribution in [0.4, 0.5) is 0 Å². The molecule has 0 aromatic heterocycles. The fraction of sp³-hybridized carbons (Fsp3) is 0.909. The van der Waals surface area contributed by atoms with Crippen LogP contribution in [-0.4, -0.2) is 62.3 Å². The lowest BCUT2D eigenvalue weighted by Crippen LogP contribution is -2.52. The Balaban J connectivity index is 1.43. The minimum absolute atomic E-state index is 0.0815. The van der Waals surface area contributed by atoms with Gasteiger partial charge in [0, 0.05) is 5.92 Å². The van der Waals surface area contributed by atoms with E-state index < -0.39 is 42.7 Å². The molecule has 6 heteroatoms. The molecule has 0 aromatic rings. The molecule has 3 saturated carbocycles. The van der Waals surface area contributed by atoms with Crippen LogP contribution in [0.15, 0.2) is 11.6 Å². The number of carbonyl (C=O) groups is 1. The van der Waals surface area contributed by atoms with E-state index in [4.69, 9.17) is 5.11 Å². The first-order valence-corrected chi connectivity index (χ1v) is 15.9. The number of Topliss-reactive ketones (excluding diaryl/α,β-unsaturated/α-hetero) is 1. The molecule has 0 amide bonds. The normalized spacial score (nSPS) is 40.1. The highest BCUT2D eigenvalue weighted by Gasteiger charge is 2.59. The predicted octanol–water partition coefficient (Wildman–Crippen LogP) is 4.65. The predicted molar refractivity (Wildman–Crippen MR) is 153 cm³/mol. The van der Waals surface area contributed by atoms with E-state index in [2.05, 4.69) is 40.7 Å². The second-order valence-electron chi connectivity index (χ2n) is 14.8. The maximum Gasteiger partial charge on any atom is 0.167 e. The SMILES string of the molecule is CC(C)CCC[C@@H](C)[C@H]1CCC2C3CC=C4CC(C(=O)[C@H](O)[C@@H](O)[C@@H](O)[C@H](O)CO)CC[C@]4(C)C3CC[C@@]21C. The Morgan fingerprint density at radius 2 is 1.67 bits per heavy atom. The summed E-state index contributed by atoms with van der Waals surface area (Å²) in [6, 6.07) is 0. The fourth-order valence-corrected chi connectivity index (χ4v) is 9.86. The Bertz CT molecular complexity index is 885. The number of allylic oxidation sites excluding steroid dienone is 2. The van der Waals surface area contributed by atoms with Crippen LogP contribution in [0.2, 0.25) is 0 Å². The smallest absolute Gasteiger partial charge is 0.167 e. The second kappa shape index (κ2) is 12.2. The van der Waals surface area contributed by atoms with Gasteiger partial charge >= 0.3 is 0 Å². The van der Waals surface area contributed by atoms with Gasteiger partial charge in [0.15, 0.2) is 5.78 Å². The van der Waals surface area contributed by atoms with Crippen LogP contribution >= 0.6 is 0 Å². The van der Waals surface area contributed by atoms with Crippen LogP contribution in [0, 0.1) is 52.3 Å². The van der Waals surface area contributed by atoms with Gasteiger partial charge in [-0.3, -0.25) is 4.79 Å². The molecule has 4 aliphatic rings. The first kappa shape index (κ1) is 31.2. The molecule has 0 heterocycles. The molecule has 224 valence electrons. The average Bonchev–Trinajstić information content (AvgIpc) is 3.27. The third kappa shape index (κ3) is 5.80. The van der Waals surface area contributed by atoms with Gasteiger partial charge in [0.25, 0.3) is 0 Å². The van der Waals surface area contributed by atoms with E-state index in [0.29, 0.717) is 30.1 Å². The summed E-state index contributed by atoms with van der Waals surface area (Å²) in [5, 5.41) is 49.4. The van der Waals surface area contributed by atoms with Crippen LogP contribution in [0.1, 0.15) is 105 Å². The Labute approximate surface area is 236 Å². The van der Waals surface area contributed by atoms with Crippen molar-refractivity contribution in [2.75, 3.05) is 6.61 Å². The molecule has 0 aliphatic heterocycles. The summed E-state index contributed by atoms with van der Waals surface area (Å²) >= 11 is 0. The summed E-state index contributed by atoms with van der Waals surface area (Å²) < 4.78 is 0. The Morgan fingerprint density at radius 1 is 0.949 bits per heavy atom. The molecule has 39 heavy (non-hydrogen) atoms. The van der Waals surface area contributed by atoms with E-state index in [1.165, 1.54) is 50.5 Å². The lowest BCUT2D eigenvalue weighted by molar-refractivity contribution is -0.151. The van der Waals surface area contributed by atoms with Crippen molar-refractivity contribution in [3.8, 4) is 0 Å². The van der Waals surface area contributed by atoms with Gasteiger partial charge < -0.3 is 25.5 Å². The number of fused-ring (bicyclic) bond motifs is 5. The third-order valence-electron chi connectivity index (χ3n) is 12.3. The standard InChI is InChI=1S/C33H56O6/c1-19(2)7-6-8-20(3)24-11-12-25-23-10-9-22-17-21(28(36)30(38)31(39)29(37)27(35)18-34)13-15-32(22,4)26(23)14-16-33(24,25)5/h9,19-21,23-27,29-31,34-35,37-39H,6-8,10-18H2,1-5H3/t20-,21?,23?,24-,25?,26?,27-,29+,30+,31+,32+,33-/m1/s1. The Hall–Kier alpha value is -0.790. The molecule has 0 aromatic carbocycles. The molecule has 5 N–H and O–H groups in total. The Kier molecular flexibility index (Phi) is 9.75. The summed E-state index contributed by atoms with van der Waals surface area (Å²) in [5.74, 6) is 3.65. The monoisotopic (exact) mass is 548 g/mol. The van der Waals surface area contributed by atoms with E-state index in [9.17, 15) is 25.2 Å². The van der Waals surface area contributed by atoms with Crippen molar-refractivity contribution < 1.29 is 30.3 Å². The molecule has 3 fully saturated rings. The zero-order chi connectivity index (χ0) is 28.7. The number of ketones is 1. The maximum absolute atomic E-state index is 13.1. The summed E-state index contributed by atoms with van der Waals surface area (Å²) in [6.07, 6.45) is 7.99. The second-order valence-corrected chi connectivity index (χ2v) is 14.8. The maximum atomic E-state index is 13.1. The van der Waals surface area contributed by atoms with Crippen molar-refractivity contribution in [2.24, 2.45) is 52.3 Å². The van der Waals surface area contributed by atoms with E-state index in [1.54, 1.807) is 0 Å². The van der Waals surface area contributed by atoms with Crippen LogP contribution in [0.3, 0.4) is 0 Å². The van der Waals surface area contributed by atoms with Crippen molar-refractivity contribution in [1.29, 1.82) is 0 Å². The third-order valence-corrected chi connectivity index (χ3v) is 12.3. The van der Waals surface area contributed by atoms with Crippen LogP contribution in [0.25, 0.3) is 0 Å². The number of aliphatic hydroxyl groups is 5. The highest BCUT2D eigenvalue weighted by molar-refractivity contribution is 5.86. The molecule has 4 unspecified atom stereocenters. The number of rotatable bonds is 11. The molecule has 6 nitrogen and oxygen atoms in total.